The quantitative estimate of drug-likeness (QED) is 0.761. The minimum absolute atomic E-state index is 0.00790. The summed E-state index contributed by atoms with van der Waals surface area (Å²) in [5.74, 6) is -0.197. The smallest absolute Gasteiger partial charge is 0.268 e. The molecular formula is C16H22N2O3. The highest BCUT2D eigenvalue weighted by Crippen LogP contribution is 2.18. The second kappa shape index (κ2) is 6.28. The normalized spacial score (nSPS) is 14.1. The van der Waals surface area contributed by atoms with Crippen molar-refractivity contribution in [2.75, 3.05) is 20.3 Å². The van der Waals surface area contributed by atoms with E-state index in [0.29, 0.717) is 18.7 Å². The van der Waals surface area contributed by atoms with E-state index in [1.165, 1.54) is 0 Å². The van der Waals surface area contributed by atoms with Crippen molar-refractivity contribution in [2.45, 2.75) is 25.8 Å². The number of aromatic amines is 1. The number of aromatic nitrogens is 1. The number of fused-ring (bicyclic) bond motifs is 1. The van der Waals surface area contributed by atoms with Crippen LogP contribution in [0.2, 0.25) is 0 Å². The first-order valence-corrected chi connectivity index (χ1v) is 6.99. The monoisotopic (exact) mass is 290 g/mol. The average Bonchev–Trinajstić information content (AvgIpc) is 2.82. The molecule has 0 aliphatic rings. The van der Waals surface area contributed by atoms with Crippen LogP contribution in [0.1, 0.15) is 29.4 Å². The Morgan fingerprint density at radius 2 is 2.19 bits per heavy atom. The number of aliphatic hydroxyl groups excluding tert-OH is 1. The summed E-state index contributed by atoms with van der Waals surface area (Å²) < 4.78 is 5.13. The van der Waals surface area contributed by atoms with Gasteiger partial charge in [0.15, 0.2) is 0 Å². The summed E-state index contributed by atoms with van der Waals surface area (Å²) in [6.45, 7) is 4.21. The van der Waals surface area contributed by atoms with E-state index in [1.807, 2.05) is 38.1 Å². The molecule has 0 saturated heterocycles. The molecule has 5 heteroatoms. The molecular weight excluding hydrogens is 268 g/mol. The van der Waals surface area contributed by atoms with Crippen LogP contribution in [0.3, 0.4) is 0 Å². The van der Waals surface area contributed by atoms with Crippen molar-refractivity contribution in [3.05, 3.63) is 35.5 Å². The van der Waals surface area contributed by atoms with Crippen molar-refractivity contribution >= 4 is 16.8 Å². The van der Waals surface area contributed by atoms with Gasteiger partial charge in [-0.15, -0.1) is 0 Å². The number of carbonyl (C=O) groups excluding carboxylic acids is 1. The molecule has 0 fully saturated rings. The molecule has 2 rings (SSSR count). The van der Waals surface area contributed by atoms with E-state index in [0.717, 1.165) is 16.5 Å². The zero-order valence-corrected chi connectivity index (χ0v) is 12.7. The molecule has 0 aliphatic carbocycles. The molecule has 1 aromatic heterocycles. The molecule has 0 spiro atoms. The Labute approximate surface area is 124 Å². The molecule has 3 N–H and O–H groups in total. The summed E-state index contributed by atoms with van der Waals surface area (Å²) in [7, 11) is 1.58. The van der Waals surface area contributed by atoms with Crippen LogP contribution in [0.5, 0.6) is 0 Å². The van der Waals surface area contributed by atoms with E-state index >= 15 is 0 Å². The van der Waals surface area contributed by atoms with Gasteiger partial charge in [0.2, 0.25) is 0 Å². The Morgan fingerprint density at radius 3 is 2.86 bits per heavy atom. The summed E-state index contributed by atoms with van der Waals surface area (Å²) in [4.78, 5) is 15.5. The van der Waals surface area contributed by atoms with Crippen molar-refractivity contribution in [2.24, 2.45) is 0 Å². The van der Waals surface area contributed by atoms with Crippen molar-refractivity contribution in [1.29, 1.82) is 0 Å². The maximum absolute atomic E-state index is 12.4. The predicted octanol–water partition coefficient (Wildman–Crippen LogP) is 1.99. The van der Waals surface area contributed by atoms with Gasteiger partial charge < -0.3 is 20.1 Å². The zero-order chi connectivity index (χ0) is 15.5. The number of amides is 1. The molecule has 0 saturated carbocycles. The number of aliphatic hydroxyl groups is 1. The van der Waals surface area contributed by atoms with Crippen LogP contribution in [0.4, 0.5) is 0 Å². The topological polar surface area (TPSA) is 74.3 Å². The van der Waals surface area contributed by atoms with Gasteiger partial charge in [0.05, 0.1) is 12.1 Å². The highest BCUT2D eigenvalue weighted by atomic mass is 16.5. The van der Waals surface area contributed by atoms with Gasteiger partial charge in [0, 0.05) is 24.6 Å². The highest BCUT2D eigenvalue weighted by molar-refractivity contribution is 5.98. The molecule has 21 heavy (non-hydrogen) atoms. The third-order valence-corrected chi connectivity index (χ3v) is 3.56. The Morgan fingerprint density at radius 1 is 1.43 bits per heavy atom. The Bertz CT molecular complexity index is 627. The maximum Gasteiger partial charge on any atom is 0.268 e. The number of hydrogen-bond acceptors (Lipinski definition) is 3. The van der Waals surface area contributed by atoms with Gasteiger partial charge in [-0.1, -0.05) is 12.1 Å². The summed E-state index contributed by atoms with van der Waals surface area (Å²) in [6, 6.07) is 7.84. The Hall–Kier alpha value is -1.85. The lowest BCUT2D eigenvalue weighted by molar-refractivity contribution is 0.0722. The van der Waals surface area contributed by atoms with Gasteiger partial charge in [-0.3, -0.25) is 4.79 Å². The molecule has 0 aliphatic heterocycles. The zero-order valence-electron chi connectivity index (χ0n) is 12.7. The molecule has 114 valence electrons. The molecule has 1 heterocycles. The summed E-state index contributed by atoms with van der Waals surface area (Å²) >= 11 is 0. The third kappa shape index (κ3) is 3.62. The first kappa shape index (κ1) is 15.5. The first-order valence-electron chi connectivity index (χ1n) is 6.99. The average molecular weight is 290 g/mol. The highest BCUT2D eigenvalue weighted by Gasteiger charge is 2.27. The fourth-order valence-electron chi connectivity index (χ4n) is 2.44. The number of aryl methyl sites for hydroxylation is 1. The van der Waals surface area contributed by atoms with E-state index in [1.54, 1.807) is 7.11 Å². The number of rotatable bonds is 6. The van der Waals surface area contributed by atoms with Gasteiger partial charge in [-0.25, -0.2) is 0 Å². The number of ether oxygens (including phenoxy) is 1. The number of carbonyl (C=O) groups is 1. The first-order chi connectivity index (χ1) is 9.97. The van der Waals surface area contributed by atoms with Crippen LogP contribution in [0, 0.1) is 6.92 Å². The van der Waals surface area contributed by atoms with Crippen molar-refractivity contribution < 1.29 is 14.6 Å². The summed E-state index contributed by atoms with van der Waals surface area (Å²) in [5, 5.41) is 13.1. The molecule has 1 atom stereocenters. The Kier molecular flexibility index (Phi) is 4.65. The van der Waals surface area contributed by atoms with E-state index in [9.17, 15) is 4.79 Å². The SMILES string of the molecule is COCC(C)(CCO)NC(=O)c1cc2ccc(C)cc2[nH]1. The number of H-pyrrole nitrogens is 1. The molecule has 1 unspecified atom stereocenters. The second-order valence-electron chi connectivity index (χ2n) is 5.70. The lowest BCUT2D eigenvalue weighted by atomic mass is 9.99. The minimum Gasteiger partial charge on any atom is -0.396 e. The third-order valence-electron chi connectivity index (χ3n) is 3.56. The van der Waals surface area contributed by atoms with Crippen LogP contribution in [0.25, 0.3) is 10.9 Å². The lowest BCUT2D eigenvalue weighted by Gasteiger charge is -2.29. The fourth-order valence-corrected chi connectivity index (χ4v) is 2.44. The second-order valence-corrected chi connectivity index (χ2v) is 5.70. The van der Waals surface area contributed by atoms with E-state index < -0.39 is 5.54 Å². The molecule has 0 bridgehead atoms. The number of benzene rings is 1. The van der Waals surface area contributed by atoms with Crippen LogP contribution in [-0.4, -0.2) is 41.9 Å². The van der Waals surface area contributed by atoms with Crippen molar-refractivity contribution in [3.63, 3.8) is 0 Å². The van der Waals surface area contributed by atoms with Gasteiger partial charge in [-0.05, 0) is 38.0 Å². The van der Waals surface area contributed by atoms with E-state index in [4.69, 9.17) is 9.84 Å². The van der Waals surface area contributed by atoms with E-state index in [-0.39, 0.29) is 12.5 Å². The van der Waals surface area contributed by atoms with Crippen LogP contribution < -0.4 is 5.32 Å². The number of nitrogens with one attached hydrogen (secondary N) is 2. The molecule has 1 amide bonds. The molecule has 2 aromatic rings. The number of methoxy groups -OCH3 is 1. The number of hydrogen-bond donors (Lipinski definition) is 3. The summed E-state index contributed by atoms with van der Waals surface area (Å²) in [6.07, 6.45) is 0.436. The van der Waals surface area contributed by atoms with Crippen molar-refractivity contribution in [3.8, 4) is 0 Å². The van der Waals surface area contributed by atoms with Crippen LogP contribution >= 0.6 is 0 Å². The molecule has 1 aromatic carbocycles. The maximum atomic E-state index is 12.4. The standard InChI is InChI=1S/C16H22N2O3/c1-11-4-5-12-9-14(17-13(12)8-11)15(20)18-16(2,6-7-19)10-21-3/h4-5,8-9,17,19H,6-7,10H2,1-3H3,(H,18,20). The van der Waals surface area contributed by atoms with E-state index in [2.05, 4.69) is 10.3 Å². The van der Waals surface area contributed by atoms with Crippen LogP contribution in [0.15, 0.2) is 24.3 Å². The predicted molar refractivity (Wildman–Crippen MR) is 82.5 cm³/mol. The minimum atomic E-state index is -0.589. The largest absolute Gasteiger partial charge is 0.396 e. The van der Waals surface area contributed by atoms with Gasteiger partial charge in [0.25, 0.3) is 5.91 Å². The molecule has 0 radical (unpaired) electrons. The van der Waals surface area contributed by atoms with Crippen molar-refractivity contribution in [1.82, 2.24) is 10.3 Å². The Balaban J connectivity index is 2.21. The lowest BCUT2D eigenvalue weighted by Crippen LogP contribution is -2.50. The van der Waals surface area contributed by atoms with Gasteiger partial charge >= 0.3 is 0 Å². The van der Waals surface area contributed by atoms with Gasteiger partial charge in [-0.2, -0.15) is 0 Å². The summed E-state index contributed by atoms with van der Waals surface area (Å²) in [5.41, 5.74) is 2.00. The molecule has 5 nitrogen and oxygen atoms in total. The fraction of sp³-hybridized carbons (Fsp3) is 0.438. The van der Waals surface area contributed by atoms with Gasteiger partial charge in [0.1, 0.15) is 5.69 Å². The van der Waals surface area contributed by atoms with Crippen LogP contribution in [-0.2, 0) is 4.74 Å².